The fourth-order valence-electron chi connectivity index (χ4n) is 8.56. The van der Waals surface area contributed by atoms with Crippen molar-refractivity contribution in [3.8, 4) is 0 Å². The van der Waals surface area contributed by atoms with E-state index in [1.54, 1.807) is 46.3 Å². The van der Waals surface area contributed by atoms with Gasteiger partial charge in [0.2, 0.25) is 0 Å². The van der Waals surface area contributed by atoms with Crippen molar-refractivity contribution < 1.29 is 62.9 Å². The Balaban J connectivity index is 1.58. The van der Waals surface area contributed by atoms with Gasteiger partial charge >= 0.3 is 5.97 Å². The third-order valence-electron chi connectivity index (χ3n) is 12.3. The van der Waals surface area contributed by atoms with E-state index in [9.17, 15) is 29.7 Å². The van der Waals surface area contributed by atoms with Crippen molar-refractivity contribution in [3.05, 3.63) is 35.7 Å². The standard InChI is InChI=1S/C42H69BN4O13/c1-10-34-29(22-56-42-41(55-9)40(54-8)38(53)27(6)58-42)17-23(2)11-12-32(49)24(3)18-28(14-16-48)39(25(4)33(50)20-35(51)59-34)60-36-19-31(37(52)26(5)57-36)46(7)15-13-30-21-47(43)45-44-30/h11-12,16-17,21,24-29,31,33-34,36-42,50,52-53H,10,13-15,18-20,22,43H2,1-9H3/b12-11+,23-17+/t24-,25+,26?,27?,28-,29+,31?,33+,34+,36?,37-,38?,39+,40?,41?,42?/m0/s1. The normalized spacial score (nSPS) is 39.2. The molecule has 60 heavy (non-hydrogen) atoms. The SMILES string of the molecule is Bn1cc(CCN(C)C2CC(O[C@H]3[C@@H](CC=O)C[C@H](C)C(=O)/C=C/C(C)=C/[C@H](COC4OC(C)C(O)C(OC)C4OC)[C@@H](CC)OC(=O)C[C@@H](O)[C@H]3C)OC(C)[C@@H]2O)nn1. The van der Waals surface area contributed by atoms with Crippen LogP contribution in [-0.4, -0.2) is 169 Å². The van der Waals surface area contributed by atoms with E-state index < -0.39 is 97.2 Å². The minimum atomic E-state index is -1.26. The number of rotatable bonds is 14. The van der Waals surface area contributed by atoms with Gasteiger partial charge in [0.1, 0.15) is 30.7 Å². The van der Waals surface area contributed by atoms with Crippen molar-refractivity contribution in [1.29, 1.82) is 0 Å². The first-order chi connectivity index (χ1) is 28.5. The van der Waals surface area contributed by atoms with E-state index >= 15 is 0 Å². The molecule has 1 aromatic rings. The third kappa shape index (κ3) is 13.3. The van der Waals surface area contributed by atoms with Crippen LogP contribution < -0.4 is 0 Å². The van der Waals surface area contributed by atoms with E-state index in [0.717, 1.165) is 17.6 Å². The van der Waals surface area contributed by atoms with Crippen LogP contribution in [0.15, 0.2) is 30.0 Å². The first-order valence-electron chi connectivity index (χ1n) is 21.3. The van der Waals surface area contributed by atoms with Crippen molar-refractivity contribution in [2.24, 2.45) is 23.7 Å². The maximum atomic E-state index is 13.7. The molecule has 0 saturated carbocycles. The smallest absolute Gasteiger partial charge is 0.308 e. The van der Waals surface area contributed by atoms with Gasteiger partial charge in [-0.3, -0.25) is 9.59 Å². The molecule has 3 aliphatic rings. The van der Waals surface area contributed by atoms with Crippen LogP contribution in [0.1, 0.15) is 79.3 Å². The lowest BCUT2D eigenvalue weighted by atomic mass is 9.79. The molecule has 0 aliphatic carbocycles. The second kappa shape index (κ2) is 23.5. The summed E-state index contributed by atoms with van der Waals surface area (Å²) in [6.45, 7) is 11.3. The molecule has 18 heteroatoms. The molecule has 338 valence electrons. The summed E-state index contributed by atoms with van der Waals surface area (Å²) < 4.78 is 44.0. The number of cyclic esters (lactones) is 1. The average molecular weight is 849 g/mol. The van der Waals surface area contributed by atoms with Crippen molar-refractivity contribution in [3.63, 3.8) is 0 Å². The van der Waals surface area contributed by atoms with Crippen LogP contribution >= 0.6 is 0 Å². The van der Waals surface area contributed by atoms with Gasteiger partial charge in [0, 0.05) is 70.0 Å². The number of likely N-dealkylation sites (N-methyl/N-ethyl adjacent to an activating group) is 1. The summed E-state index contributed by atoms with van der Waals surface area (Å²) >= 11 is 0. The molecule has 3 N–H and O–H groups in total. The number of methoxy groups -OCH3 is 2. The molecule has 4 heterocycles. The highest BCUT2D eigenvalue weighted by molar-refractivity contribution is 6.05. The van der Waals surface area contributed by atoms with E-state index in [1.807, 2.05) is 38.1 Å². The summed E-state index contributed by atoms with van der Waals surface area (Å²) in [5.41, 5.74) is 1.54. The zero-order valence-corrected chi connectivity index (χ0v) is 37.0. The fraction of sp³-hybridized carbons (Fsp3) is 0.786. The number of aromatic nitrogens is 3. The predicted molar refractivity (Wildman–Crippen MR) is 221 cm³/mol. The summed E-state index contributed by atoms with van der Waals surface area (Å²) in [4.78, 5) is 41.6. The number of hydrogen-bond acceptors (Lipinski definition) is 16. The molecule has 1 aromatic heterocycles. The van der Waals surface area contributed by atoms with Gasteiger partial charge in [-0.2, -0.15) is 0 Å². The number of aldehydes is 1. The van der Waals surface area contributed by atoms with Crippen LogP contribution in [0, 0.1) is 23.7 Å². The van der Waals surface area contributed by atoms with Crippen molar-refractivity contribution in [2.45, 2.75) is 154 Å². The molecule has 0 amide bonds. The molecular formula is C42H69BN4O13. The number of nitrogens with zero attached hydrogens (tertiary/aromatic N) is 4. The maximum Gasteiger partial charge on any atom is 0.308 e. The monoisotopic (exact) mass is 848 g/mol. The second-order valence-electron chi connectivity index (χ2n) is 16.9. The van der Waals surface area contributed by atoms with Crippen molar-refractivity contribution in [1.82, 2.24) is 19.8 Å². The third-order valence-corrected chi connectivity index (χ3v) is 12.3. The summed E-state index contributed by atoms with van der Waals surface area (Å²) in [5.74, 6) is -3.07. The van der Waals surface area contributed by atoms with Gasteiger partial charge in [0.05, 0.1) is 49.2 Å². The Bertz CT molecular complexity index is 1580. The molecule has 4 rings (SSSR count). The predicted octanol–water partition coefficient (Wildman–Crippen LogP) is 1.19. The quantitative estimate of drug-likeness (QED) is 0.136. The fourth-order valence-corrected chi connectivity index (χ4v) is 8.56. The second-order valence-corrected chi connectivity index (χ2v) is 16.9. The van der Waals surface area contributed by atoms with Gasteiger partial charge in [0.15, 0.2) is 18.4 Å². The Hall–Kier alpha value is -2.91. The Labute approximate surface area is 355 Å². The van der Waals surface area contributed by atoms with Crippen molar-refractivity contribution in [2.75, 3.05) is 34.4 Å². The summed E-state index contributed by atoms with van der Waals surface area (Å²) in [7, 11) is 6.67. The van der Waals surface area contributed by atoms with Crippen LogP contribution in [0.25, 0.3) is 0 Å². The summed E-state index contributed by atoms with van der Waals surface area (Å²) in [6.07, 6.45) is -0.0177. The largest absolute Gasteiger partial charge is 0.462 e. The van der Waals surface area contributed by atoms with Gasteiger partial charge in [0.25, 0.3) is 7.98 Å². The maximum absolute atomic E-state index is 13.7. The molecule has 16 atom stereocenters. The molecule has 17 nitrogen and oxygen atoms in total. The van der Waals surface area contributed by atoms with E-state index in [4.69, 9.17) is 33.2 Å². The van der Waals surface area contributed by atoms with Crippen LogP contribution in [0.3, 0.4) is 0 Å². The van der Waals surface area contributed by atoms with E-state index in [1.165, 1.54) is 20.3 Å². The number of carbonyl (C=O) groups is 3. The Morgan fingerprint density at radius 3 is 2.33 bits per heavy atom. The first kappa shape index (κ1) is 49.7. The topological polar surface area (TPSA) is 210 Å². The molecule has 0 aromatic carbocycles. The molecular weight excluding hydrogens is 779 g/mol. The van der Waals surface area contributed by atoms with Gasteiger partial charge in [-0.25, -0.2) is 0 Å². The molecule has 8 unspecified atom stereocenters. The van der Waals surface area contributed by atoms with Crippen LogP contribution in [-0.2, 0) is 54.0 Å². The van der Waals surface area contributed by atoms with E-state index in [-0.39, 0.29) is 44.1 Å². The molecule has 3 aliphatic heterocycles. The van der Waals surface area contributed by atoms with Gasteiger partial charge in [-0.1, -0.05) is 43.7 Å². The van der Waals surface area contributed by atoms with Crippen molar-refractivity contribution >= 4 is 26.0 Å². The lowest BCUT2D eigenvalue weighted by Crippen LogP contribution is -2.59. The average Bonchev–Trinajstić information content (AvgIpc) is 3.64. The summed E-state index contributed by atoms with van der Waals surface area (Å²) in [6, 6.07) is -0.354. The highest BCUT2D eigenvalue weighted by atomic mass is 16.7. The number of hydrogen-bond donors (Lipinski definition) is 3. The highest BCUT2D eigenvalue weighted by Gasteiger charge is 2.46. The van der Waals surface area contributed by atoms with E-state index in [0.29, 0.717) is 19.4 Å². The lowest BCUT2D eigenvalue weighted by molar-refractivity contribution is -0.304. The number of esters is 1. The highest BCUT2D eigenvalue weighted by Crippen LogP contribution is 2.35. The Morgan fingerprint density at radius 1 is 1.00 bits per heavy atom. The number of allylic oxidation sites excluding steroid dienone is 3. The molecule has 0 spiro atoms. The molecule has 0 radical (unpaired) electrons. The van der Waals surface area contributed by atoms with E-state index in [2.05, 4.69) is 10.3 Å². The zero-order valence-electron chi connectivity index (χ0n) is 37.0. The van der Waals surface area contributed by atoms with Crippen LogP contribution in [0.4, 0.5) is 0 Å². The summed E-state index contributed by atoms with van der Waals surface area (Å²) in [5, 5.41) is 41.8. The minimum Gasteiger partial charge on any atom is -0.462 e. The number of aliphatic hydroxyl groups is 3. The zero-order chi connectivity index (χ0) is 44.3. The molecule has 0 bridgehead atoms. The Kier molecular flexibility index (Phi) is 19.5. The van der Waals surface area contributed by atoms with Gasteiger partial charge in [-0.15, -0.1) is 5.10 Å². The minimum absolute atomic E-state index is 0.0262. The van der Waals surface area contributed by atoms with Gasteiger partial charge < -0.3 is 62.8 Å². The Morgan fingerprint density at radius 2 is 1.70 bits per heavy atom. The first-order valence-corrected chi connectivity index (χ1v) is 21.3. The lowest BCUT2D eigenvalue weighted by Gasteiger charge is -2.44. The number of aliphatic hydroxyl groups excluding tert-OH is 3. The number of carbonyl (C=O) groups excluding carboxylic acids is 3. The number of ether oxygens (including phenoxy) is 7. The molecule has 2 fully saturated rings. The number of ketones is 1. The van der Waals surface area contributed by atoms with Gasteiger partial charge in [-0.05, 0) is 52.7 Å². The van der Waals surface area contributed by atoms with Crippen LogP contribution in [0.2, 0.25) is 0 Å². The van der Waals surface area contributed by atoms with Crippen LogP contribution in [0.5, 0.6) is 0 Å². The molecule has 2 saturated heterocycles.